The first kappa shape index (κ1) is 28.8. The molecule has 7 nitrogen and oxygen atoms in total. The van der Waals surface area contributed by atoms with Crippen molar-refractivity contribution in [2.75, 3.05) is 6.54 Å². The van der Waals surface area contributed by atoms with Gasteiger partial charge < -0.3 is 14.2 Å². The van der Waals surface area contributed by atoms with E-state index < -0.39 is 23.5 Å². The van der Waals surface area contributed by atoms with Crippen LogP contribution < -0.4 is 4.74 Å². The predicted molar refractivity (Wildman–Crippen MR) is 141 cm³/mol. The van der Waals surface area contributed by atoms with Crippen molar-refractivity contribution < 1.29 is 28.6 Å². The molecule has 0 atom stereocenters. The normalized spacial score (nSPS) is 12.0. The molecule has 36 heavy (non-hydrogen) atoms. The van der Waals surface area contributed by atoms with Crippen molar-refractivity contribution in [1.29, 1.82) is 0 Å². The summed E-state index contributed by atoms with van der Waals surface area (Å²) in [6.07, 6.45) is 2.85. The van der Waals surface area contributed by atoms with Crippen LogP contribution in [0.1, 0.15) is 73.3 Å². The molecule has 0 aromatic heterocycles. The third kappa shape index (κ3) is 10.8. The maximum atomic E-state index is 12.8. The minimum Gasteiger partial charge on any atom is -0.457 e. The number of hydroxylamine groups is 2. The van der Waals surface area contributed by atoms with Crippen LogP contribution >= 0.6 is 0 Å². The van der Waals surface area contributed by atoms with E-state index in [1.807, 2.05) is 60.7 Å². The molecule has 0 unspecified atom stereocenters. The lowest BCUT2D eigenvalue weighted by Gasteiger charge is -2.26. The third-order valence-corrected chi connectivity index (χ3v) is 4.66. The number of allylic oxidation sites excluding steroid dienone is 1. The number of amides is 1. The number of hydrogen-bond acceptors (Lipinski definition) is 6. The fraction of sp³-hybridized carbons (Fsp3) is 0.448. The Morgan fingerprint density at radius 1 is 0.861 bits per heavy atom. The van der Waals surface area contributed by atoms with E-state index in [-0.39, 0.29) is 6.54 Å². The lowest BCUT2D eigenvalue weighted by molar-refractivity contribution is -0.130. The van der Waals surface area contributed by atoms with Gasteiger partial charge >= 0.3 is 12.2 Å². The lowest BCUT2D eigenvalue weighted by Crippen LogP contribution is -2.40. The average molecular weight is 498 g/mol. The fourth-order valence-corrected chi connectivity index (χ4v) is 3.13. The predicted octanol–water partition coefficient (Wildman–Crippen LogP) is 8.16. The highest BCUT2D eigenvalue weighted by Gasteiger charge is 2.27. The van der Waals surface area contributed by atoms with E-state index in [4.69, 9.17) is 19.0 Å². The summed E-state index contributed by atoms with van der Waals surface area (Å²) < 4.78 is 16.7. The smallest absolute Gasteiger partial charge is 0.457 e. The second-order valence-corrected chi connectivity index (χ2v) is 10.4. The highest BCUT2D eigenvalue weighted by Crippen LogP contribution is 2.28. The molecule has 7 heteroatoms. The monoisotopic (exact) mass is 497 g/mol. The van der Waals surface area contributed by atoms with Crippen molar-refractivity contribution >= 4 is 17.8 Å². The highest BCUT2D eigenvalue weighted by molar-refractivity contribution is 5.72. The molecule has 1 amide bonds. The second kappa shape index (κ2) is 13.0. The average Bonchev–Trinajstić information content (AvgIpc) is 2.76. The number of carbonyl (C=O) groups excluding carboxylic acids is 2. The van der Waals surface area contributed by atoms with Crippen molar-refractivity contribution in [1.82, 2.24) is 5.06 Å². The van der Waals surface area contributed by atoms with Crippen molar-refractivity contribution in [2.45, 2.75) is 78.9 Å². The van der Waals surface area contributed by atoms with Crippen LogP contribution in [-0.2, 0) is 14.3 Å². The molecular weight excluding hydrogens is 458 g/mol. The van der Waals surface area contributed by atoms with Crippen molar-refractivity contribution in [2.24, 2.45) is 0 Å². The Morgan fingerprint density at radius 3 is 2.11 bits per heavy atom. The minimum absolute atomic E-state index is 0.00300. The number of carbonyl (C=O) groups is 2. The molecule has 0 radical (unpaired) electrons. The maximum absolute atomic E-state index is 12.8. The van der Waals surface area contributed by atoms with Gasteiger partial charge in [0.25, 0.3) is 0 Å². The summed E-state index contributed by atoms with van der Waals surface area (Å²) in [5.41, 5.74) is 0.428. The molecule has 0 aliphatic heterocycles. The van der Waals surface area contributed by atoms with Crippen LogP contribution in [0.25, 0.3) is 5.57 Å². The van der Waals surface area contributed by atoms with E-state index in [1.165, 1.54) is 0 Å². The highest BCUT2D eigenvalue weighted by atomic mass is 16.8. The number of hydrogen-bond donors (Lipinski definition) is 0. The van der Waals surface area contributed by atoms with Crippen LogP contribution in [0.5, 0.6) is 11.5 Å². The maximum Gasteiger partial charge on any atom is 0.534 e. The van der Waals surface area contributed by atoms with E-state index in [1.54, 1.807) is 41.5 Å². The fourth-order valence-electron chi connectivity index (χ4n) is 3.13. The number of ether oxygens (including phenoxy) is 3. The van der Waals surface area contributed by atoms with E-state index in [9.17, 15) is 9.59 Å². The standard InChI is InChI=1S/C29H39NO6/c1-8-9-14-22(23-15-13-18-25(21-23)33-24-16-11-10-12-17-24)19-20-30(26(31)34-28(2,3)4)36-27(32)35-29(5,6)7/h10-13,15-19,21H,8-9,14,20H2,1-7H3/b22-19+. The van der Waals surface area contributed by atoms with Crippen LogP contribution in [0.4, 0.5) is 9.59 Å². The minimum atomic E-state index is -0.977. The molecule has 0 saturated carbocycles. The molecule has 0 bridgehead atoms. The molecule has 0 aliphatic carbocycles. The Hall–Kier alpha value is -3.48. The molecule has 0 aliphatic rings. The molecule has 0 heterocycles. The summed E-state index contributed by atoms with van der Waals surface area (Å²) in [6, 6.07) is 17.3. The Balaban J connectivity index is 2.29. The van der Waals surface area contributed by atoms with Gasteiger partial charge in [-0.2, -0.15) is 0 Å². The zero-order chi connectivity index (χ0) is 26.8. The molecule has 2 aromatic carbocycles. The van der Waals surface area contributed by atoms with Crippen molar-refractivity contribution in [3.05, 3.63) is 66.2 Å². The molecule has 2 aromatic rings. The largest absolute Gasteiger partial charge is 0.534 e. The molecule has 0 saturated heterocycles. The summed E-state index contributed by atoms with van der Waals surface area (Å²) in [6.45, 7) is 12.5. The Morgan fingerprint density at radius 2 is 1.50 bits per heavy atom. The van der Waals surface area contributed by atoms with Gasteiger partial charge in [0.05, 0.1) is 6.54 Å². The SMILES string of the molecule is CCCC/C(=C\CN(OC(=O)OC(C)(C)C)C(=O)OC(C)(C)C)c1cccc(Oc2ccccc2)c1. The third-order valence-electron chi connectivity index (χ3n) is 4.66. The van der Waals surface area contributed by atoms with Gasteiger partial charge in [-0.1, -0.05) is 49.8 Å². The van der Waals surface area contributed by atoms with E-state index >= 15 is 0 Å². The van der Waals surface area contributed by atoms with Crippen LogP contribution in [0.3, 0.4) is 0 Å². The van der Waals surface area contributed by atoms with Gasteiger partial charge in [0.15, 0.2) is 0 Å². The van der Waals surface area contributed by atoms with E-state index in [2.05, 4.69) is 6.92 Å². The second-order valence-electron chi connectivity index (χ2n) is 10.4. The summed E-state index contributed by atoms with van der Waals surface area (Å²) in [5.74, 6) is 1.45. The summed E-state index contributed by atoms with van der Waals surface area (Å²) in [4.78, 5) is 30.4. The lowest BCUT2D eigenvalue weighted by atomic mass is 9.99. The van der Waals surface area contributed by atoms with Gasteiger partial charge in [-0.15, -0.1) is 5.06 Å². The van der Waals surface area contributed by atoms with E-state index in [0.717, 1.165) is 41.2 Å². The number of unbranched alkanes of at least 4 members (excludes halogenated alkanes) is 1. The van der Waals surface area contributed by atoms with Crippen molar-refractivity contribution in [3.8, 4) is 11.5 Å². The topological polar surface area (TPSA) is 74.3 Å². The van der Waals surface area contributed by atoms with Crippen LogP contribution in [0.15, 0.2) is 60.7 Å². The van der Waals surface area contributed by atoms with Gasteiger partial charge in [-0.05, 0) is 89.8 Å². The van der Waals surface area contributed by atoms with E-state index in [0.29, 0.717) is 5.75 Å². The molecular formula is C29H39NO6. The summed E-state index contributed by atoms with van der Waals surface area (Å²) in [5, 5.41) is 0.885. The number of rotatable bonds is 8. The number of nitrogens with zero attached hydrogens (tertiary/aromatic N) is 1. The molecule has 2 rings (SSSR count). The molecule has 0 N–H and O–H groups in total. The number of benzene rings is 2. The Kier molecular flexibility index (Phi) is 10.4. The quantitative estimate of drug-likeness (QED) is 0.270. The van der Waals surface area contributed by atoms with Gasteiger partial charge in [0, 0.05) is 0 Å². The van der Waals surface area contributed by atoms with Gasteiger partial charge in [-0.25, -0.2) is 9.59 Å². The van der Waals surface area contributed by atoms with Crippen LogP contribution in [0.2, 0.25) is 0 Å². The van der Waals surface area contributed by atoms with Gasteiger partial charge in [-0.3, -0.25) is 4.84 Å². The Labute approximate surface area is 214 Å². The number of para-hydroxylation sites is 1. The first-order valence-corrected chi connectivity index (χ1v) is 12.3. The summed E-state index contributed by atoms with van der Waals surface area (Å²) >= 11 is 0. The van der Waals surface area contributed by atoms with Gasteiger partial charge in [0.2, 0.25) is 0 Å². The molecule has 196 valence electrons. The first-order chi connectivity index (χ1) is 16.9. The van der Waals surface area contributed by atoms with Crippen LogP contribution in [0, 0.1) is 0 Å². The Bertz CT molecular complexity index is 1020. The van der Waals surface area contributed by atoms with Crippen molar-refractivity contribution in [3.63, 3.8) is 0 Å². The summed E-state index contributed by atoms with van der Waals surface area (Å²) in [7, 11) is 0. The van der Waals surface area contributed by atoms with Crippen LogP contribution in [-0.4, -0.2) is 35.1 Å². The zero-order valence-corrected chi connectivity index (χ0v) is 22.5. The first-order valence-electron chi connectivity index (χ1n) is 12.3. The molecule has 0 spiro atoms. The van der Waals surface area contributed by atoms with Gasteiger partial charge in [0.1, 0.15) is 22.7 Å². The molecule has 0 fully saturated rings. The zero-order valence-electron chi connectivity index (χ0n) is 22.5.